The Morgan fingerprint density at radius 1 is 1.03 bits per heavy atom. The van der Waals surface area contributed by atoms with Crippen LogP contribution in [0.4, 0.5) is 0 Å². The van der Waals surface area contributed by atoms with E-state index in [0.29, 0.717) is 12.3 Å². The molecule has 0 aliphatic heterocycles. The van der Waals surface area contributed by atoms with Crippen LogP contribution in [0.5, 0.6) is 0 Å². The van der Waals surface area contributed by atoms with Gasteiger partial charge in [0.1, 0.15) is 6.04 Å². The first kappa shape index (κ1) is 28.0. The van der Waals surface area contributed by atoms with Crippen molar-refractivity contribution in [3.63, 3.8) is 0 Å². The van der Waals surface area contributed by atoms with Gasteiger partial charge < -0.3 is 21.1 Å². The van der Waals surface area contributed by atoms with E-state index < -0.39 is 24.0 Å². The van der Waals surface area contributed by atoms with Crippen molar-refractivity contribution in [2.45, 2.75) is 65.6 Å². The van der Waals surface area contributed by atoms with E-state index in [-0.39, 0.29) is 29.7 Å². The predicted octanol–water partition coefficient (Wildman–Crippen LogP) is 3.22. The highest BCUT2D eigenvalue weighted by Gasteiger charge is 2.30. The third-order valence-electron chi connectivity index (χ3n) is 5.06. The molecule has 0 bridgehead atoms. The van der Waals surface area contributed by atoms with Crippen LogP contribution in [0, 0.1) is 11.3 Å². The second kappa shape index (κ2) is 13.5. The van der Waals surface area contributed by atoms with Gasteiger partial charge in [-0.1, -0.05) is 65.0 Å². The summed E-state index contributed by atoms with van der Waals surface area (Å²) in [5, 5.41) is 18.1. The Labute approximate surface area is 196 Å². The van der Waals surface area contributed by atoms with Gasteiger partial charge in [0.15, 0.2) is 0 Å². The topological polar surface area (TPSA) is 108 Å². The van der Waals surface area contributed by atoms with Gasteiger partial charge in [0, 0.05) is 5.75 Å². The number of amides is 2. The van der Waals surface area contributed by atoms with E-state index in [9.17, 15) is 19.5 Å². The average Bonchev–Trinajstić information content (AvgIpc) is 2.69. The van der Waals surface area contributed by atoms with Gasteiger partial charge in [0.05, 0.1) is 18.5 Å². The Kier molecular flexibility index (Phi) is 11.8. The molecule has 0 unspecified atom stereocenters. The number of hydrogen-bond acceptors (Lipinski definition) is 5. The molecule has 0 saturated carbocycles. The molecular weight excluding hydrogens is 426 g/mol. The maximum absolute atomic E-state index is 13.1. The Balaban J connectivity index is 2.89. The predicted molar refractivity (Wildman–Crippen MR) is 131 cm³/mol. The van der Waals surface area contributed by atoms with E-state index >= 15 is 0 Å². The molecular formula is C24H39N3O4S. The Morgan fingerprint density at radius 2 is 1.66 bits per heavy atom. The summed E-state index contributed by atoms with van der Waals surface area (Å²) in [7, 11) is 0. The average molecular weight is 466 g/mol. The molecule has 0 spiro atoms. The Morgan fingerprint density at radius 3 is 2.16 bits per heavy atom. The zero-order valence-corrected chi connectivity index (χ0v) is 20.9. The van der Waals surface area contributed by atoms with Gasteiger partial charge in [-0.3, -0.25) is 14.4 Å². The third kappa shape index (κ3) is 10.5. The van der Waals surface area contributed by atoms with Crippen molar-refractivity contribution in [2.24, 2.45) is 11.3 Å². The summed E-state index contributed by atoms with van der Waals surface area (Å²) >= 11 is 1.63. The fourth-order valence-corrected chi connectivity index (χ4v) is 3.79. The van der Waals surface area contributed by atoms with Gasteiger partial charge >= 0.3 is 5.97 Å². The molecule has 7 nitrogen and oxygen atoms in total. The summed E-state index contributed by atoms with van der Waals surface area (Å²) in [5.74, 6) is -1.28. The first-order valence-corrected chi connectivity index (χ1v) is 12.4. The molecule has 0 aliphatic carbocycles. The highest BCUT2D eigenvalue weighted by Crippen LogP contribution is 2.19. The summed E-state index contributed by atoms with van der Waals surface area (Å²) in [5.41, 5.74) is 1.05. The molecule has 0 aliphatic rings. The zero-order chi connectivity index (χ0) is 24.3. The highest BCUT2D eigenvalue weighted by molar-refractivity contribution is 7.98. The standard InChI is InChI=1S/C24H39N3O4S/c1-16(2)21(23(31)26-19(15-32-6)17-10-8-7-9-11-17)27-22(30)18(14-20(28)29)25-13-12-24(3,4)5/h7-11,16,18-19,21,25H,12-15H2,1-6H3,(H,26,31)(H,27,30)(H,28,29)/t18-,19-,21+/m0/s1. The first-order chi connectivity index (χ1) is 14.9. The molecule has 180 valence electrons. The molecule has 0 aromatic heterocycles. The second-order valence-corrected chi connectivity index (χ2v) is 10.5. The monoisotopic (exact) mass is 465 g/mol. The molecule has 1 rings (SSSR count). The number of rotatable bonds is 13. The molecule has 4 N–H and O–H groups in total. The van der Waals surface area contributed by atoms with E-state index in [1.54, 1.807) is 11.8 Å². The third-order valence-corrected chi connectivity index (χ3v) is 5.73. The fraction of sp³-hybridized carbons (Fsp3) is 0.625. The Bertz CT molecular complexity index is 735. The molecule has 0 heterocycles. The van der Waals surface area contributed by atoms with Crippen LogP contribution in [0.1, 0.15) is 59.1 Å². The van der Waals surface area contributed by atoms with Crippen LogP contribution in [0.25, 0.3) is 0 Å². The van der Waals surface area contributed by atoms with E-state index in [1.165, 1.54) is 0 Å². The van der Waals surface area contributed by atoms with Gasteiger partial charge in [-0.05, 0) is 36.1 Å². The van der Waals surface area contributed by atoms with Crippen molar-refractivity contribution < 1.29 is 19.5 Å². The van der Waals surface area contributed by atoms with Gasteiger partial charge in [-0.2, -0.15) is 11.8 Å². The minimum Gasteiger partial charge on any atom is -0.481 e. The first-order valence-electron chi connectivity index (χ1n) is 11.0. The number of carbonyl (C=O) groups is 3. The molecule has 0 saturated heterocycles. The van der Waals surface area contributed by atoms with E-state index in [0.717, 1.165) is 12.0 Å². The van der Waals surface area contributed by atoms with Gasteiger partial charge in [-0.15, -0.1) is 0 Å². The van der Waals surface area contributed by atoms with Crippen molar-refractivity contribution in [1.82, 2.24) is 16.0 Å². The SMILES string of the molecule is CSC[C@H](NC(=O)[C@H](NC(=O)[C@H](CC(=O)O)NCCC(C)(C)C)C(C)C)c1ccccc1. The minimum absolute atomic E-state index is 0.0569. The van der Waals surface area contributed by atoms with Crippen molar-refractivity contribution in [2.75, 3.05) is 18.6 Å². The molecule has 32 heavy (non-hydrogen) atoms. The number of hydrogen-bond donors (Lipinski definition) is 4. The number of carboxylic acid groups (broad SMARTS) is 1. The zero-order valence-electron chi connectivity index (χ0n) is 20.1. The summed E-state index contributed by atoms with van der Waals surface area (Å²) in [6.07, 6.45) is 2.42. The number of carboxylic acids is 1. The van der Waals surface area contributed by atoms with Crippen molar-refractivity contribution in [1.29, 1.82) is 0 Å². The summed E-state index contributed by atoms with van der Waals surface area (Å²) < 4.78 is 0. The lowest BCUT2D eigenvalue weighted by atomic mass is 9.92. The number of aliphatic carboxylic acids is 1. The van der Waals surface area contributed by atoms with E-state index in [2.05, 4.69) is 36.7 Å². The van der Waals surface area contributed by atoms with Crippen molar-refractivity contribution >= 4 is 29.5 Å². The van der Waals surface area contributed by atoms with Gasteiger partial charge in [0.25, 0.3) is 0 Å². The molecule has 8 heteroatoms. The molecule has 1 aromatic carbocycles. The molecule has 3 atom stereocenters. The van der Waals surface area contributed by atoms with Crippen LogP contribution in [-0.2, 0) is 14.4 Å². The normalized spacial score (nSPS) is 14.5. The summed E-state index contributed by atoms with van der Waals surface area (Å²) in [4.78, 5) is 37.3. The molecule has 1 aromatic rings. The number of benzene rings is 1. The summed E-state index contributed by atoms with van der Waals surface area (Å²) in [6, 6.07) is 7.85. The van der Waals surface area contributed by atoms with E-state index in [1.807, 2.05) is 50.4 Å². The molecule has 2 amide bonds. The van der Waals surface area contributed by atoms with Gasteiger partial charge in [-0.25, -0.2) is 0 Å². The summed E-state index contributed by atoms with van der Waals surface area (Å²) in [6.45, 7) is 10.5. The van der Waals surface area contributed by atoms with Crippen molar-refractivity contribution in [3.8, 4) is 0 Å². The lowest BCUT2D eigenvalue weighted by Gasteiger charge is -2.28. The van der Waals surface area contributed by atoms with E-state index in [4.69, 9.17) is 0 Å². The van der Waals surface area contributed by atoms with Gasteiger partial charge in [0.2, 0.25) is 11.8 Å². The smallest absolute Gasteiger partial charge is 0.305 e. The maximum Gasteiger partial charge on any atom is 0.305 e. The van der Waals surface area contributed by atoms with Crippen molar-refractivity contribution in [3.05, 3.63) is 35.9 Å². The fourth-order valence-electron chi connectivity index (χ4n) is 3.18. The van der Waals surface area contributed by atoms with Crippen LogP contribution in [-0.4, -0.2) is 53.5 Å². The Hall–Kier alpha value is -2.06. The van der Waals surface area contributed by atoms with Crippen LogP contribution in [0.3, 0.4) is 0 Å². The molecule has 0 fully saturated rings. The maximum atomic E-state index is 13.1. The highest BCUT2D eigenvalue weighted by atomic mass is 32.2. The number of nitrogens with one attached hydrogen (secondary N) is 3. The largest absolute Gasteiger partial charge is 0.481 e. The van der Waals surface area contributed by atoms with Crippen LogP contribution in [0.2, 0.25) is 0 Å². The lowest BCUT2D eigenvalue weighted by molar-refractivity contribution is -0.140. The quantitative estimate of drug-likeness (QED) is 0.356. The second-order valence-electron chi connectivity index (χ2n) is 9.57. The number of thioether (sulfide) groups is 1. The molecule has 0 radical (unpaired) electrons. The minimum atomic E-state index is -1.07. The lowest BCUT2D eigenvalue weighted by Crippen LogP contribution is -2.55. The van der Waals surface area contributed by atoms with Crippen LogP contribution >= 0.6 is 11.8 Å². The van der Waals surface area contributed by atoms with Crippen LogP contribution < -0.4 is 16.0 Å². The van der Waals surface area contributed by atoms with Crippen LogP contribution in [0.15, 0.2) is 30.3 Å². The number of carbonyl (C=O) groups excluding carboxylic acids is 2.